The molecule has 2 aliphatic rings. The van der Waals surface area contributed by atoms with Crippen LogP contribution in [0, 0.1) is 0 Å². The van der Waals surface area contributed by atoms with Gasteiger partial charge in [0, 0.05) is 18.0 Å². The highest BCUT2D eigenvalue weighted by Gasteiger charge is 2.43. The molecule has 0 aliphatic carbocycles. The Hall–Kier alpha value is -2.18. The summed E-state index contributed by atoms with van der Waals surface area (Å²) in [5.41, 5.74) is 1.87. The molecule has 0 fully saturated rings. The maximum Gasteiger partial charge on any atom is 0.250 e. The highest BCUT2D eigenvalue weighted by atomic mass is 32.1. The Bertz CT molecular complexity index is 843. The van der Waals surface area contributed by atoms with Gasteiger partial charge in [0.1, 0.15) is 5.54 Å². The standard InChI is InChI=1S/C19H21N3O2S/c1-19(2)18(24)20-14-5-3-4-6-15(14)22(19)17(23)12-21-9-7-16-13(11-21)8-10-25-16/h3-6,8,10H,7,9,11-12H2,1-2H3,(H,20,24). The number of nitrogens with one attached hydrogen (secondary N) is 1. The molecule has 2 aliphatic heterocycles. The summed E-state index contributed by atoms with van der Waals surface area (Å²) in [5, 5.41) is 5.02. The lowest BCUT2D eigenvalue weighted by molar-refractivity contribution is -0.127. The molecular formula is C19H21N3O2S. The van der Waals surface area contributed by atoms with Crippen molar-refractivity contribution in [1.82, 2.24) is 4.90 Å². The molecule has 4 rings (SSSR count). The summed E-state index contributed by atoms with van der Waals surface area (Å²) in [7, 11) is 0. The summed E-state index contributed by atoms with van der Waals surface area (Å²) in [4.78, 5) is 30.9. The molecule has 5 nitrogen and oxygen atoms in total. The van der Waals surface area contributed by atoms with Crippen LogP contribution in [0.25, 0.3) is 0 Å². The number of carbonyl (C=O) groups is 2. The lowest BCUT2D eigenvalue weighted by Crippen LogP contribution is -2.60. The van der Waals surface area contributed by atoms with Gasteiger partial charge in [-0.2, -0.15) is 0 Å². The second-order valence-corrected chi connectivity index (χ2v) is 8.09. The number of thiophene rings is 1. The fraction of sp³-hybridized carbons (Fsp3) is 0.368. The molecule has 6 heteroatoms. The van der Waals surface area contributed by atoms with E-state index in [0.717, 1.165) is 25.2 Å². The molecule has 130 valence electrons. The van der Waals surface area contributed by atoms with Crippen LogP contribution in [-0.4, -0.2) is 35.3 Å². The van der Waals surface area contributed by atoms with Crippen molar-refractivity contribution >= 4 is 34.5 Å². The minimum absolute atomic E-state index is 0.0361. The molecule has 0 saturated carbocycles. The van der Waals surface area contributed by atoms with E-state index in [-0.39, 0.29) is 11.8 Å². The fourth-order valence-corrected chi connectivity index (χ4v) is 4.49. The van der Waals surface area contributed by atoms with E-state index >= 15 is 0 Å². The molecule has 1 N–H and O–H groups in total. The van der Waals surface area contributed by atoms with Gasteiger partial charge in [0.2, 0.25) is 11.8 Å². The quantitative estimate of drug-likeness (QED) is 0.901. The highest BCUT2D eigenvalue weighted by molar-refractivity contribution is 7.10. The molecule has 2 aromatic rings. The van der Waals surface area contributed by atoms with Gasteiger partial charge < -0.3 is 5.32 Å². The average molecular weight is 355 g/mol. The van der Waals surface area contributed by atoms with Crippen molar-refractivity contribution in [2.45, 2.75) is 32.4 Å². The van der Waals surface area contributed by atoms with Gasteiger partial charge >= 0.3 is 0 Å². The maximum atomic E-state index is 13.1. The highest BCUT2D eigenvalue weighted by Crippen LogP contribution is 2.37. The molecule has 1 aromatic carbocycles. The number of nitrogens with zero attached hydrogens (tertiary/aromatic N) is 2. The zero-order valence-electron chi connectivity index (χ0n) is 14.4. The summed E-state index contributed by atoms with van der Waals surface area (Å²) in [6.07, 6.45) is 0.987. The number of para-hydroxylation sites is 2. The van der Waals surface area contributed by atoms with Gasteiger partial charge in [-0.3, -0.25) is 19.4 Å². The summed E-state index contributed by atoms with van der Waals surface area (Å²) < 4.78 is 0. The van der Waals surface area contributed by atoms with E-state index in [2.05, 4.69) is 21.7 Å². The topological polar surface area (TPSA) is 52.7 Å². The molecule has 0 saturated heterocycles. The Kier molecular flexibility index (Phi) is 3.89. The first-order valence-corrected chi connectivity index (χ1v) is 9.36. The minimum Gasteiger partial charge on any atom is -0.322 e. The predicted octanol–water partition coefficient (Wildman–Crippen LogP) is 2.87. The number of fused-ring (bicyclic) bond motifs is 2. The largest absolute Gasteiger partial charge is 0.322 e. The zero-order chi connectivity index (χ0) is 17.6. The number of rotatable bonds is 2. The summed E-state index contributed by atoms with van der Waals surface area (Å²) in [5.74, 6) is -0.190. The van der Waals surface area contributed by atoms with E-state index in [1.807, 2.05) is 24.3 Å². The van der Waals surface area contributed by atoms with Gasteiger partial charge in [0.05, 0.1) is 17.9 Å². The second kappa shape index (κ2) is 5.97. The van der Waals surface area contributed by atoms with Crippen molar-refractivity contribution in [2.24, 2.45) is 0 Å². The third-order valence-corrected chi connectivity index (χ3v) is 6.03. The zero-order valence-corrected chi connectivity index (χ0v) is 15.2. The van der Waals surface area contributed by atoms with Crippen LogP contribution in [0.2, 0.25) is 0 Å². The predicted molar refractivity (Wildman–Crippen MR) is 99.9 cm³/mol. The van der Waals surface area contributed by atoms with Crippen LogP contribution in [-0.2, 0) is 22.6 Å². The van der Waals surface area contributed by atoms with E-state index in [9.17, 15) is 9.59 Å². The van der Waals surface area contributed by atoms with E-state index in [1.54, 1.807) is 30.1 Å². The van der Waals surface area contributed by atoms with Gasteiger partial charge in [0.15, 0.2) is 0 Å². The maximum absolute atomic E-state index is 13.1. The second-order valence-electron chi connectivity index (χ2n) is 7.09. The van der Waals surface area contributed by atoms with Crippen LogP contribution in [0.1, 0.15) is 24.3 Å². The first-order chi connectivity index (χ1) is 12.0. The third kappa shape index (κ3) is 2.75. The number of hydrogen-bond donors (Lipinski definition) is 1. The number of anilines is 2. The van der Waals surface area contributed by atoms with Gasteiger partial charge in [-0.05, 0) is 49.4 Å². The summed E-state index contributed by atoms with van der Waals surface area (Å²) in [6.45, 7) is 5.58. The van der Waals surface area contributed by atoms with Gasteiger partial charge in [0.25, 0.3) is 0 Å². The van der Waals surface area contributed by atoms with Crippen molar-refractivity contribution in [1.29, 1.82) is 0 Å². The average Bonchev–Trinajstić information content (AvgIpc) is 3.03. The molecular weight excluding hydrogens is 334 g/mol. The molecule has 0 bridgehead atoms. The minimum atomic E-state index is -0.908. The van der Waals surface area contributed by atoms with Gasteiger partial charge in [-0.25, -0.2) is 0 Å². The Morgan fingerprint density at radius 3 is 2.92 bits per heavy atom. The Morgan fingerprint density at radius 1 is 1.28 bits per heavy atom. The third-order valence-electron chi connectivity index (χ3n) is 5.00. The van der Waals surface area contributed by atoms with Crippen LogP contribution in [0.5, 0.6) is 0 Å². The normalized spacial score (nSPS) is 19.1. The van der Waals surface area contributed by atoms with Crippen molar-refractivity contribution in [2.75, 3.05) is 23.3 Å². The van der Waals surface area contributed by atoms with Crippen molar-refractivity contribution in [3.63, 3.8) is 0 Å². The Balaban J connectivity index is 1.59. The summed E-state index contributed by atoms with van der Waals surface area (Å²) in [6, 6.07) is 9.63. The molecule has 2 amide bonds. The first kappa shape index (κ1) is 16.3. The molecule has 1 aromatic heterocycles. The van der Waals surface area contributed by atoms with E-state index < -0.39 is 5.54 Å². The molecule has 3 heterocycles. The van der Waals surface area contributed by atoms with Crippen LogP contribution < -0.4 is 10.2 Å². The van der Waals surface area contributed by atoms with Crippen LogP contribution in [0.3, 0.4) is 0 Å². The number of amides is 2. The Morgan fingerprint density at radius 2 is 2.08 bits per heavy atom. The lowest BCUT2D eigenvalue weighted by atomic mass is 9.96. The molecule has 0 unspecified atom stereocenters. The SMILES string of the molecule is CC1(C)C(=O)Nc2ccccc2N1C(=O)CN1CCc2sccc2C1. The van der Waals surface area contributed by atoms with E-state index in [0.29, 0.717) is 12.2 Å². The lowest BCUT2D eigenvalue weighted by Gasteiger charge is -2.43. The smallest absolute Gasteiger partial charge is 0.250 e. The van der Waals surface area contributed by atoms with E-state index in [4.69, 9.17) is 0 Å². The van der Waals surface area contributed by atoms with Crippen LogP contribution in [0.15, 0.2) is 35.7 Å². The fourth-order valence-electron chi connectivity index (χ4n) is 3.60. The van der Waals surface area contributed by atoms with Crippen molar-refractivity contribution in [3.05, 3.63) is 46.2 Å². The number of hydrogen-bond acceptors (Lipinski definition) is 4. The Labute approximate surface area is 151 Å². The van der Waals surface area contributed by atoms with Crippen LogP contribution in [0.4, 0.5) is 11.4 Å². The molecule has 0 atom stereocenters. The molecule has 0 radical (unpaired) electrons. The van der Waals surface area contributed by atoms with Crippen LogP contribution >= 0.6 is 11.3 Å². The molecule has 25 heavy (non-hydrogen) atoms. The van der Waals surface area contributed by atoms with Gasteiger partial charge in [-0.1, -0.05) is 12.1 Å². The van der Waals surface area contributed by atoms with Gasteiger partial charge in [-0.15, -0.1) is 11.3 Å². The molecule has 0 spiro atoms. The number of carbonyl (C=O) groups excluding carboxylic acids is 2. The van der Waals surface area contributed by atoms with Crippen molar-refractivity contribution < 1.29 is 9.59 Å². The van der Waals surface area contributed by atoms with E-state index in [1.165, 1.54) is 10.4 Å². The van der Waals surface area contributed by atoms with Crippen molar-refractivity contribution in [3.8, 4) is 0 Å². The first-order valence-electron chi connectivity index (χ1n) is 8.48. The monoisotopic (exact) mass is 355 g/mol. The summed E-state index contributed by atoms with van der Waals surface area (Å²) >= 11 is 1.79. The number of benzene rings is 1.